The van der Waals surface area contributed by atoms with Crippen LogP contribution in [0.2, 0.25) is 0 Å². The van der Waals surface area contributed by atoms with E-state index >= 15 is 0 Å². The van der Waals surface area contributed by atoms with Crippen molar-refractivity contribution in [3.05, 3.63) is 23.3 Å². The molecule has 0 saturated carbocycles. The second-order valence-corrected chi connectivity index (χ2v) is 6.44. The number of allylic oxidation sites excluding steroid dienone is 4. The fourth-order valence-corrected chi connectivity index (χ4v) is 2.49. The van der Waals surface area contributed by atoms with Gasteiger partial charge in [-0.3, -0.25) is 0 Å². The molecule has 0 amide bonds. The average Bonchev–Trinajstić information content (AvgIpc) is 2.37. The molecule has 1 aliphatic carbocycles. The quantitative estimate of drug-likeness (QED) is 0.472. The van der Waals surface area contributed by atoms with Crippen LogP contribution in [-0.4, -0.2) is 0 Å². The Morgan fingerprint density at radius 3 is 2.20 bits per heavy atom. The van der Waals surface area contributed by atoms with Crippen LogP contribution in [0.5, 0.6) is 0 Å². The smallest absolute Gasteiger partial charge is 0.0234 e. The summed E-state index contributed by atoms with van der Waals surface area (Å²) in [4.78, 5) is 0. The van der Waals surface area contributed by atoms with Crippen LogP contribution < -0.4 is 0 Å². The molecule has 20 heavy (non-hydrogen) atoms. The van der Waals surface area contributed by atoms with Crippen LogP contribution in [0.1, 0.15) is 88.0 Å². The van der Waals surface area contributed by atoms with E-state index in [-0.39, 0.29) is 0 Å². The topological polar surface area (TPSA) is 0 Å². The van der Waals surface area contributed by atoms with Gasteiger partial charge < -0.3 is 0 Å². The van der Waals surface area contributed by atoms with Crippen LogP contribution in [0.3, 0.4) is 0 Å². The molecule has 2 atom stereocenters. The minimum atomic E-state index is 0.813. The molecule has 0 bridgehead atoms. The van der Waals surface area contributed by atoms with Gasteiger partial charge in [0.25, 0.3) is 0 Å². The molecule has 0 spiro atoms. The van der Waals surface area contributed by atoms with E-state index in [1.165, 1.54) is 31.3 Å². The number of hydrogen-bond donors (Lipinski definition) is 0. The highest BCUT2D eigenvalue weighted by atomic mass is 14.2. The van der Waals surface area contributed by atoms with Crippen molar-refractivity contribution in [1.29, 1.82) is 0 Å². The van der Waals surface area contributed by atoms with Crippen molar-refractivity contribution in [2.45, 2.75) is 88.0 Å². The van der Waals surface area contributed by atoms with Gasteiger partial charge in [0.15, 0.2) is 0 Å². The Kier molecular flexibility index (Phi) is 14.7. The molecule has 0 aromatic heterocycles. The Bertz CT molecular complexity index is 268. The van der Waals surface area contributed by atoms with Crippen molar-refractivity contribution in [2.75, 3.05) is 0 Å². The highest BCUT2D eigenvalue weighted by Crippen LogP contribution is 2.27. The molecule has 0 heteroatoms. The molecule has 1 rings (SSSR count). The largest absolute Gasteiger partial charge is 0.0859 e. The molecule has 120 valence electrons. The van der Waals surface area contributed by atoms with Crippen molar-refractivity contribution < 1.29 is 0 Å². The van der Waals surface area contributed by atoms with E-state index in [1.807, 2.05) is 13.8 Å². The molecule has 0 N–H and O–H groups in total. The molecule has 0 nitrogen and oxygen atoms in total. The van der Waals surface area contributed by atoms with Crippen molar-refractivity contribution in [2.24, 2.45) is 17.8 Å². The SMILES string of the molecule is CC.CC/C=C(/C)CC(C)C.CC1=CC(C)C(C)CC1. The van der Waals surface area contributed by atoms with Gasteiger partial charge in [0.2, 0.25) is 0 Å². The van der Waals surface area contributed by atoms with Gasteiger partial charge in [0.1, 0.15) is 0 Å². The van der Waals surface area contributed by atoms with E-state index in [2.05, 4.69) is 60.6 Å². The number of hydrogen-bond acceptors (Lipinski definition) is 0. The maximum atomic E-state index is 2.41. The van der Waals surface area contributed by atoms with Crippen LogP contribution in [0.25, 0.3) is 0 Å². The molecule has 0 aliphatic heterocycles. The predicted molar refractivity (Wildman–Crippen MR) is 96.2 cm³/mol. The van der Waals surface area contributed by atoms with Crippen LogP contribution >= 0.6 is 0 Å². The Labute approximate surface area is 129 Å². The average molecular weight is 281 g/mol. The summed E-state index contributed by atoms with van der Waals surface area (Å²) in [6.45, 7) is 19.8. The van der Waals surface area contributed by atoms with Crippen LogP contribution in [0, 0.1) is 17.8 Å². The van der Waals surface area contributed by atoms with Gasteiger partial charge in [-0.25, -0.2) is 0 Å². The summed E-state index contributed by atoms with van der Waals surface area (Å²) in [5.74, 6) is 2.54. The Hall–Kier alpha value is -0.520. The van der Waals surface area contributed by atoms with Gasteiger partial charge in [-0.2, -0.15) is 0 Å². The van der Waals surface area contributed by atoms with Gasteiger partial charge in [0.05, 0.1) is 0 Å². The first-order chi connectivity index (χ1) is 9.36. The predicted octanol–water partition coefficient (Wildman–Crippen LogP) is 7.41. The number of rotatable bonds is 3. The van der Waals surface area contributed by atoms with Crippen molar-refractivity contribution in [3.63, 3.8) is 0 Å². The lowest BCUT2D eigenvalue weighted by atomic mass is 9.84. The summed E-state index contributed by atoms with van der Waals surface area (Å²) in [5, 5.41) is 0. The second kappa shape index (κ2) is 13.5. The van der Waals surface area contributed by atoms with Crippen LogP contribution in [0.15, 0.2) is 23.3 Å². The summed E-state index contributed by atoms with van der Waals surface area (Å²) in [7, 11) is 0. The Morgan fingerprint density at radius 2 is 1.85 bits per heavy atom. The summed E-state index contributed by atoms with van der Waals surface area (Å²) >= 11 is 0. The highest BCUT2D eigenvalue weighted by molar-refractivity contribution is 5.05. The van der Waals surface area contributed by atoms with E-state index in [4.69, 9.17) is 0 Å². The van der Waals surface area contributed by atoms with E-state index in [0.29, 0.717) is 0 Å². The molecular weight excluding hydrogens is 240 g/mol. The molecule has 0 aromatic rings. The van der Waals surface area contributed by atoms with E-state index in [9.17, 15) is 0 Å². The molecule has 0 heterocycles. The molecule has 0 aromatic carbocycles. The standard InChI is InChI=1S/C9H16.C9H18.C2H6/c1-7-4-5-8(2)9(3)6-7;1-5-6-9(4)7-8(2)3;1-2/h6,8-9H,4-5H2,1-3H3;6,8H,5,7H2,1-4H3;1-2H3/b;9-6-;. The van der Waals surface area contributed by atoms with E-state index < -0.39 is 0 Å². The molecule has 0 radical (unpaired) electrons. The zero-order valence-corrected chi connectivity index (χ0v) is 15.7. The third-order valence-electron chi connectivity index (χ3n) is 3.72. The van der Waals surface area contributed by atoms with Gasteiger partial charge in [-0.15, -0.1) is 0 Å². The second-order valence-electron chi connectivity index (χ2n) is 6.44. The molecule has 2 unspecified atom stereocenters. The zero-order chi connectivity index (χ0) is 16.1. The lowest BCUT2D eigenvalue weighted by Gasteiger charge is -2.22. The lowest BCUT2D eigenvalue weighted by molar-refractivity contribution is 0.404. The van der Waals surface area contributed by atoms with Gasteiger partial charge in [-0.1, -0.05) is 71.8 Å². The van der Waals surface area contributed by atoms with Crippen molar-refractivity contribution >= 4 is 0 Å². The summed E-state index contributed by atoms with van der Waals surface area (Å²) in [5.41, 5.74) is 3.12. The zero-order valence-electron chi connectivity index (χ0n) is 15.7. The fourth-order valence-electron chi connectivity index (χ4n) is 2.49. The van der Waals surface area contributed by atoms with E-state index in [0.717, 1.165) is 17.8 Å². The molecule has 0 saturated heterocycles. The first kappa shape index (κ1) is 21.8. The summed E-state index contributed by atoms with van der Waals surface area (Å²) in [6, 6.07) is 0. The molecular formula is C20H40. The van der Waals surface area contributed by atoms with Crippen molar-refractivity contribution in [3.8, 4) is 0 Å². The normalized spacial score (nSPS) is 22.3. The summed E-state index contributed by atoms with van der Waals surface area (Å²) < 4.78 is 0. The fraction of sp³-hybridized carbons (Fsp3) is 0.800. The third-order valence-corrected chi connectivity index (χ3v) is 3.72. The minimum Gasteiger partial charge on any atom is -0.0859 e. The highest BCUT2D eigenvalue weighted by Gasteiger charge is 2.14. The minimum absolute atomic E-state index is 0.813. The van der Waals surface area contributed by atoms with Crippen LogP contribution in [-0.2, 0) is 0 Å². The first-order valence-electron chi connectivity index (χ1n) is 8.69. The lowest BCUT2D eigenvalue weighted by Crippen LogP contribution is -2.10. The van der Waals surface area contributed by atoms with Crippen molar-refractivity contribution in [1.82, 2.24) is 0 Å². The van der Waals surface area contributed by atoms with Gasteiger partial charge in [-0.05, 0) is 57.3 Å². The maximum Gasteiger partial charge on any atom is -0.0234 e. The molecule has 0 fully saturated rings. The monoisotopic (exact) mass is 280 g/mol. The Morgan fingerprint density at radius 1 is 1.30 bits per heavy atom. The van der Waals surface area contributed by atoms with Crippen LogP contribution in [0.4, 0.5) is 0 Å². The molecule has 1 aliphatic rings. The third kappa shape index (κ3) is 12.5. The first-order valence-corrected chi connectivity index (χ1v) is 8.69. The summed E-state index contributed by atoms with van der Waals surface area (Å²) in [6.07, 6.45) is 9.87. The maximum absolute atomic E-state index is 2.41. The van der Waals surface area contributed by atoms with Gasteiger partial charge >= 0.3 is 0 Å². The Balaban J connectivity index is 0. The van der Waals surface area contributed by atoms with Gasteiger partial charge in [0, 0.05) is 0 Å². The van der Waals surface area contributed by atoms with E-state index in [1.54, 1.807) is 5.57 Å².